The van der Waals surface area contributed by atoms with Crippen LogP contribution >= 0.6 is 0 Å². The first-order chi connectivity index (χ1) is 58.9. The minimum Gasteiger partial charge on any atom is -0.394 e. The molecule has 16 nitrogen and oxygen atoms in total. The average Bonchev–Trinajstić information content (AvgIpc) is 1.63. The van der Waals surface area contributed by atoms with Crippen LogP contribution in [0.5, 0.6) is 0 Å². The number of imidazole rings is 4. The van der Waals surface area contributed by atoms with Crippen LogP contribution in [0.15, 0.2) is 273 Å². The number of fused-ring (bicyclic) bond motifs is 4. The van der Waals surface area contributed by atoms with E-state index in [1.807, 2.05) is 21.3 Å². The highest BCUT2D eigenvalue weighted by atomic mass is 16.5. The molecule has 4 atom stereocenters. The van der Waals surface area contributed by atoms with Gasteiger partial charge in [-0.15, -0.1) is 0 Å². The van der Waals surface area contributed by atoms with Gasteiger partial charge in [0.15, 0.2) is 0 Å². The molecule has 628 valence electrons. The van der Waals surface area contributed by atoms with E-state index in [2.05, 4.69) is 364 Å². The number of benzene rings is 12. The molecule has 0 amide bonds. The highest BCUT2D eigenvalue weighted by Gasteiger charge is 2.25. The number of methoxy groups -OCH3 is 3. The number of nitrogens with one attached hydrogen (secondary N) is 4. The van der Waals surface area contributed by atoms with E-state index in [-0.39, 0.29) is 30.8 Å². The van der Waals surface area contributed by atoms with E-state index in [0.29, 0.717) is 74.9 Å². The molecule has 0 saturated carbocycles. The minimum absolute atomic E-state index is 0.0119. The SMILES string of the molecule is COC[C@H](Cc1ccc(C)cc1)n1c(=N)n(Cc2ccc(C)cc2)c2ccc(C)cc21.COC[C@H](Cc1ccc(C)cc1)n1c(=N)n(Cc2ccc(C)cc2)c2ccc(C)cc21.COC[C@H](Cc1ccc(C)cc1)n1c(=N)n(Cc2ccc(C)cc2)c2ccccc21.Cc1ccc(C[C@@H](CO)n2c(=N)n(Cc3ccc(C)cc3)c3ccc(C)cc32)cc1. The van der Waals surface area contributed by atoms with E-state index in [1.165, 1.54) is 94.6 Å². The number of aromatic nitrogens is 8. The fourth-order valence-electron chi connectivity index (χ4n) is 16.6. The maximum absolute atomic E-state index is 10.3. The van der Waals surface area contributed by atoms with Crippen LogP contribution in [-0.4, -0.2) is 89.4 Å². The molecule has 0 radical (unpaired) electrons. The van der Waals surface area contributed by atoms with Gasteiger partial charge in [-0.1, -0.05) is 269 Å². The van der Waals surface area contributed by atoms with Crippen molar-refractivity contribution in [3.8, 4) is 0 Å². The third-order valence-corrected chi connectivity index (χ3v) is 23.4. The molecule has 0 spiro atoms. The molecule has 0 bridgehead atoms. The first kappa shape index (κ1) is 87.4. The summed E-state index contributed by atoms with van der Waals surface area (Å²) in [6.07, 6.45) is 3.15. The quantitative estimate of drug-likeness (QED) is 0.0344. The third kappa shape index (κ3) is 21.1. The van der Waals surface area contributed by atoms with Crippen molar-refractivity contribution in [1.29, 1.82) is 21.6 Å². The van der Waals surface area contributed by atoms with E-state index in [0.717, 1.165) is 74.5 Å². The topological polar surface area (TPSA) is 183 Å². The lowest BCUT2D eigenvalue weighted by Gasteiger charge is -2.19. The molecule has 122 heavy (non-hydrogen) atoms. The van der Waals surface area contributed by atoms with Crippen LogP contribution in [0.25, 0.3) is 44.1 Å². The van der Waals surface area contributed by atoms with Crippen LogP contribution in [0.3, 0.4) is 0 Å². The van der Waals surface area contributed by atoms with Gasteiger partial charge in [0.05, 0.1) is 121 Å². The molecule has 0 aliphatic carbocycles. The van der Waals surface area contributed by atoms with Crippen molar-refractivity contribution in [2.75, 3.05) is 47.8 Å². The molecular formula is C106H120N12O4. The van der Waals surface area contributed by atoms with Crippen molar-refractivity contribution in [1.82, 2.24) is 36.5 Å². The van der Waals surface area contributed by atoms with Crippen molar-refractivity contribution in [3.63, 3.8) is 0 Å². The van der Waals surface area contributed by atoms with E-state index in [9.17, 15) is 5.11 Å². The molecule has 4 heterocycles. The highest BCUT2D eigenvalue weighted by molar-refractivity contribution is 5.80. The number of hydrogen-bond donors (Lipinski definition) is 5. The molecule has 16 rings (SSSR count). The Bertz CT molecular complexity index is 6240. The van der Waals surface area contributed by atoms with Gasteiger partial charge in [-0.3, -0.25) is 21.6 Å². The van der Waals surface area contributed by atoms with Gasteiger partial charge in [-0.25, -0.2) is 0 Å². The van der Waals surface area contributed by atoms with Crippen LogP contribution in [0.2, 0.25) is 0 Å². The molecule has 5 N–H and O–H groups in total. The smallest absolute Gasteiger partial charge is 0.203 e. The van der Waals surface area contributed by atoms with Gasteiger partial charge in [-0.2, -0.15) is 0 Å². The summed E-state index contributed by atoms with van der Waals surface area (Å²) in [5.74, 6) is 0. The summed E-state index contributed by atoms with van der Waals surface area (Å²) < 4.78 is 33.6. The Labute approximate surface area is 718 Å². The Kier molecular flexibility index (Phi) is 28.9. The van der Waals surface area contributed by atoms with Crippen molar-refractivity contribution in [2.24, 2.45) is 0 Å². The molecule has 0 fully saturated rings. The van der Waals surface area contributed by atoms with Gasteiger partial charge >= 0.3 is 0 Å². The third-order valence-electron chi connectivity index (χ3n) is 23.4. The first-order valence-electron chi connectivity index (χ1n) is 42.5. The van der Waals surface area contributed by atoms with Gasteiger partial charge in [0.2, 0.25) is 22.5 Å². The monoisotopic (exact) mass is 1620 g/mol. The van der Waals surface area contributed by atoms with Gasteiger partial charge in [-0.05, 0) is 212 Å². The number of hydrogen-bond acceptors (Lipinski definition) is 8. The number of rotatable bonds is 27. The van der Waals surface area contributed by atoms with Gasteiger partial charge in [0, 0.05) is 21.3 Å². The molecule has 16 heteroatoms. The van der Waals surface area contributed by atoms with Crippen LogP contribution < -0.4 is 22.5 Å². The Morgan fingerprint density at radius 3 is 0.648 bits per heavy atom. The highest BCUT2D eigenvalue weighted by Crippen LogP contribution is 2.30. The van der Waals surface area contributed by atoms with Crippen LogP contribution in [0.4, 0.5) is 0 Å². The molecule has 0 aliphatic heterocycles. The molecule has 0 unspecified atom stereocenters. The van der Waals surface area contributed by atoms with E-state index >= 15 is 0 Å². The summed E-state index contributed by atoms with van der Waals surface area (Å²) in [7, 11) is 5.21. The lowest BCUT2D eigenvalue weighted by molar-refractivity contribution is 0.154. The van der Waals surface area contributed by atoms with Gasteiger partial charge in [0.25, 0.3) is 0 Å². The number of para-hydroxylation sites is 2. The Morgan fingerprint density at radius 2 is 0.418 bits per heavy atom. The summed E-state index contributed by atoms with van der Waals surface area (Å²) in [6, 6.07) is 96.0. The predicted molar refractivity (Wildman–Crippen MR) is 497 cm³/mol. The van der Waals surface area contributed by atoms with Crippen molar-refractivity contribution in [2.45, 2.75) is 152 Å². The maximum atomic E-state index is 10.3. The number of aliphatic hydroxyl groups excluding tert-OH is 1. The Balaban J connectivity index is 0.000000140. The zero-order valence-corrected chi connectivity index (χ0v) is 73.5. The van der Waals surface area contributed by atoms with E-state index < -0.39 is 0 Å². The zero-order valence-electron chi connectivity index (χ0n) is 73.5. The van der Waals surface area contributed by atoms with Gasteiger partial charge < -0.3 is 55.9 Å². The average molecular weight is 1630 g/mol. The molecular weight excluding hydrogens is 1510 g/mol. The zero-order chi connectivity index (χ0) is 86.3. The number of ether oxygens (including phenoxy) is 3. The summed E-state index contributed by atoms with van der Waals surface area (Å²) in [5.41, 5.74) is 33.6. The largest absolute Gasteiger partial charge is 0.394 e. The standard InChI is InChI=1S/2C27H31N3O.2C26H29N3O/c2*1-19-5-10-22(11-6-19)16-24(18-31-4)30-26-15-21(3)9-14-25(26)29(27(30)28)17-23-12-7-20(2)8-13-23;1-18-4-9-21(10-5-18)15-23(17-30)29-25-14-20(3)8-13-24(25)28(26(29)27)16-22-11-6-19(2)7-12-22;1-19-8-12-21(13-9-19)16-23(18-30-3)29-25-7-5-4-6-24(25)28(26(29)27)17-22-14-10-20(2)11-15-22/h2*5-15,24,28H,16-18H2,1-4H3;4-14,23,27,30H,15-17H2,1-3H3;4-15,23,27H,16-18H2,1-3H3/t2*24-;2*23-/m0000/s1. The molecule has 12 aromatic carbocycles. The maximum Gasteiger partial charge on any atom is 0.203 e. The number of aryl methyl sites for hydroxylation is 11. The van der Waals surface area contributed by atoms with E-state index in [1.54, 1.807) is 21.3 Å². The van der Waals surface area contributed by atoms with Crippen LogP contribution in [0, 0.1) is 97.8 Å². The second kappa shape index (κ2) is 40.3. The minimum atomic E-state index is -0.191. The fourth-order valence-corrected chi connectivity index (χ4v) is 16.6. The summed E-state index contributed by atoms with van der Waals surface area (Å²) in [5, 5.41) is 46.5. The van der Waals surface area contributed by atoms with Crippen molar-refractivity contribution >= 4 is 44.1 Å². The Morgan fingerprint density at radius 1 is 0.230 bits per heavy atom. The fraction of sp³-hybridized carbons (Fsp3) is 0.283. The summed E-state index contributed by atoms with van der Waals surface area (Å²) in [4.78, 5) is 0. The number of aliphatic hydroxyl groups is 1. The summed E-state index contributed by atoms with van der Waals surface area (Å²) in [6.45, 7) is 27.4. The van der Waals surface area contributed by atoms with Crippen molar-refractivity contribution in [3.05, 3.63) is 401 Å². The van der Waals surface area contributed by atoms with Crippen LogP contribution in [-0.2, 0) is 66.1 Å². The second-order valence-corrected chi connectivity index (χ2v) is 33.4. The van der Waals surface area contributed by atoms with Crippen LogP contribution in [0.1, 0.15) is 130 Å². The molecule has 16 aromatic rings. The van der Waals surface area contributed by atoms with E-state index in [4.69, 9.17) is 35.8 Å². The lowest BCUT2D eigenvalue weighted by Crippen LogP contribution is -2.31. The molecule has 4 aromatic heterocycles. The second-order valence-electron chi connectivity index (χ2n) is 33.4. The predicted octanol–water partition coefficient (Wildman–Crippen LogP) is 20.3. The lowest BCUT2D eigenvalue weighted by atomic mass is 10.0. The van der Waals surface area contributed by atoms with Gasteiger partial charge in [0.1, 0.15) is 0 Å². The Hall–Kier alpha value is -12.4. The number of nitrogens with zero attached hydrogens (tertiary/aromatic N) is 8. The molecule has 0 saturated heterocycles. The summed E-state index contributed by atoms with van der Waals surface area (Å²) >= 11 is 0. The normalized spacial score (nSPS) is 12.4. The molecule has 0 aliphatic rings. The first-order valence-corrected chi connectivity index (χ1v) is 42.5. The van der Waals surface area contributed by atoms with Crippen molar-refractivity contribution < 1.29 is 19.3 Å².